The van der Waals surface area contributed by atoms with Gasteiger partial charge in [-0.05, 0) is 45.4 Å². The van der Waals surface area contributed by atoms with Crippen LogP contribution in [0.5, 0.6) is 5.75 Å². The van der Waals surface area contributed by atoms with Crippen LogP contribution < -0.4 is 10.1 Å². The molecule has 1 aromatic carbocycles. The van der Waals surface area contributed by atoms with E-state index in [1.165, 1.54) is 0 Å². The van der Waals surface area contributed by atoms with Crippen molar-refractivity contribution in [3.8, 4) is 5.75 Å². The third-order valence-electron chi connectivity index (χ3n) is 2.52. The number of rotatable bonds is 5. The van der Waals surface area contributed by atoms with Gasteiger partial charge >= 0.3 is 0 Å². The first-order valence-corrected chi connectivity index (χ1v) is 6.57. The number of aryl methyl sites for hydroxylation is 1. The van der Waals surface area contributed by atoms with Crippen LogP contribution in [0, 0.1) is 6.92 Å². The summed E-state index contributed by atoms with van der Waals surface area (Å²) in [7, 11) is 0. The zero-order valence-corrected chi connectivity index (χ0v) is 12.3. The first kappa shape index (κ1) is 15.3. The van der Waals surface area contributed by atoms with Gasteiger partial charge < -0.3 is 15.2 Å². The van der Waals surface area contributed by atoms with Crippen LogP contribution in [0.15, 0.2) is 18.2 Å². The molecule has 4 heteroatoms. The van der Waals surface area contributed by atoms with Gasteiger partial charge in [0, 0.05) is 0 Å². The zero-order valence-electron chi connectivity index (χ0n) is 11.5. The number of quaternary nitrogens is 1. The van der Waals surface area contributed by atoms with E-state index in [1.807, 2.05) is 19.1 Å². The lowest BCUT2D eigenvalue weighted by Gasteiger charge is -2.19. The van der Waals surface area contributed by atoms with Crippen molar-refractivity contribution >= 4 is 11.6 Å². The third kappa shape index (κ3) is 5.71. The molecule has 0 aliphatic carbocycles. The maximum atomic E-state index is 9.83. The topological polar surface area (TPSA) is 46.1 Å². The van der Waals surface area contributed by atoms with E-state index in [4.69, 9.17) is 16.3 Å². The number of aliphatic hydroxyl groups excluding tert-OH is 1. The summed E-state index contributed by atoms with van der Waals surface area (Å²) in [5, 5.41) is 12.5. The highest BCUT2D eigenvalue weighted by atomic mass is 35.5. The molecular formula is C14H23ClNO2+. The van der Waals surface area contributed by atoms with Gasteiger partial charge in [-0.2, -0.15) is 0 Å². The second-order valence-corrected chi connectivity index (χ2v) is 6.11. The van der Waals surface area contributed by atoms with Gasteiger partial charge in [-0.25, -0.2) is 0 Å². The van der Waals surface area contributed by atoms with Gasteiger partial charge in [0.15, 0.2) is 0 Å². The standard InChI is InChI=1S/C14H22ClNO2/c1-10-5-6-12(15)13(7-10)18-9-11(17)8-16-14(2,3)4/h5-7,11,16-17H,8-9H2,1-4H3/p+1/t11-/m1/s1. The van der Waals surface area contributed by atoms with E-state index in [0.717, 1.165) is 5.56 Å². The minimum atomic E-state index is -0.499. The fourth-order valence-corrected chi connectivity index (χ4v) is 1.64. The van der Waals surface area contributed by atoms with Gasteiger partial charge in [-0.15, -0.1) is 0 Å². The number of hydrogen-bond acceptors (Lipinski definition) is 2. The highest BCUT2D eigenvalue weighted by Crippen LogP contribution is 2.25. The van der Waals surface area contributed by atoms with E-state index in [1.54, 1.807) is 6.07 Å². The van der Waals surface area contributed by atoms with Gasteiger partial charge in [0.05, 0.1) is 10.6 Å². The number of aliphatic hydroxyl groups is 1. The summed E-state index contributed by atoms with van der Waals surface area (Å²) in [5.41, 5.74) is 1.20. The predicted octanol–water partition coefficient (Wildman–Crippen LogP) is 1.75. The molecular weight excluding hydrogens is 250 g/mol. The molecule has 0 aliphatic heterocycles. The Bertz CT molecular complexity index is 388. The Morgan fingerprint density at radius 1 is 1.39 bits per heavy atom. The quantitative estimate of drug-likeness (QED) is 0.858. The largest absolute Gasteiger partial charge is 0.489 e. The van der Waals surface area contributed by atoms with Crippen molar-refractivity contribution in [3.63, 3.8) is 0 Å². The van der Waals surface area contributed by atoms with Crippen molar-refractivity contribution in [2.24, 2.45) is 0 Å². The zero-order chi connectivity index (χ0) is 13.8. The molecule has 18 heavy (non-hydrogen) atoms. The molecule has 0 aliphatic rings. The Morgan fingerprint density at radius 3 is 2.67 bits per heavy atom. The van der Waals surface area contributed by atoms with Crippen molar-refractivity contribution in [3.05, 3.63) is 28.8 Å². The summed E-state index contributed by atoms with van der Waals surface area (Å²) in [4.78, 5) is 0. The Hall–Kier alpha value is -0.770. The first-order chi connectivity index (χ1) is 8.28. The molecule has 1 rings (SSSR count). The highest BCUT2D eigenvalue weighted by Gasteiger charge is 2.16. The maximum Gasteiger partial charge on any atom is 0.138 e. The van der Waals surface area contributed by atoms with Crippen LogP contribution in [0.25, 0.3) is 0 Å². The van der Waals surface area contributed by atoms with Crippen LogP contribution in [0.4, 0.5) is 0 Å². The van der Waals surface area contributed by atoms with E-state index in [9.17, 15) is 5.11 Å². The van der Waals surface area contributed by atoms with Crippen molar-refractivity contribution in [2.45, 2.75) is 39.3 Å². The molecule has 102 valence electrons. The van der Waals surface area contributed by atoms with Crippen LogP contribution in [0.2, 0.25) is 5.02 Å². The van der Waals surface area contributed by atoms with E-state index >= 15 is 0 Å². The minimum Gasteiger partial charge on any atom is -0.489 e. The van der Waals surface area contributed by atoms with Crippen LogP contribution in [-0.2, 0) is 0 Å². The van der Waals surface area contributed by atoms with Crippen LogP contribution in [0.1, 0.15) is 26.3 Å². The summed E-state index contributed by atoms with van der Waals surface area (Å²) >= 11 is 6.01. The Balaban J connectivity index is 2.42. The summed E-state index contributed by atoms with van der Waals surface area (Å²) in [6.45, 7) is 9.18. The number of nitrogens with two attached hydrogens (primary N) is 1. The molecule has 0 bridgehead atoms. The number of hydrogen-bond donors (Lipinski definition) is 2. The Labute approximate surface area is 114 Å². The summed E-state index contributed by atoms with van der Waals surface area (Å²) < 4.78 is 5.54. The van der Waals surface area contributed by atoms with Gasteiger partial charge in [0.1, 0.15) is 25.0 Å². The second kappa shape index (κ2) is 6.41. The van der Waals surface area contributed by atoms with E-state index in [-0.39, 0.29) is 12.1 Å². The number of ether oxygens (including phenoxy) is 1. The Kier molecular flexibility index (Phi) is 5.45. The summed E-state index contributed by atoms with van der Waals surface area (Å²) in [6.07, 6.45) is -0.499. The molecule has 0 unspecified atom stereocenters. The van der Waals surface area contributed by atoms with Gasteiger partial charge in [0.25, 0.3) is 0 Å². The lowest BCUT2D eigenvalue weighted by Crippen LogP contribution is -2.96. The van der Waals surface area contributed by atoms with E-state index < -0.39 is 6.10 Å². The number of halogens is 1. The average Bonchev–Trinajstić information content (AvgIpc) is 2.26. The highest BCUT2D eigenvalue weighted by molar-refractivity contribution is 6.32. The summed E-state index contributed by atoms with van der Waals surface area (Å²) in [5.74, 6) is 0.631. The van der Waals surface area contributed by atoms with Crippen LogP contribution >= 0.6 is 11.6 Å². The van der Waals surface area contributed by atoms with Gasteiger partial charge in [0.2, 0.25) is 0 Å². The fraction of sp³-hybridized carbons (Fsp3) is 0.571. The molecule has 3 N–H and O–H groups in total. The molecule has 1 atom stereocenters. The second-order valence-electron chi connectivity index (χ2n) is 5.70. The fourth-order valence-electron chi connectivity index (χ4n) is 1.46. The number of benzene rings is 1. The Morgan fingerprint density at radius 2 is 2.06 bits per heavy atom. The van der Waals surface area contributed by atoms with Crippen molar-refractivity contribution < 1.29 is 15.2 Å². The molecule has 0 fully saturated rings. The van der Waals surface area contributed by atoms with Crippen molar-refractivity contribution in [2.75, 3.05) is 13.2 Å². The van der Waals surface area contributed by atoms with E-state index in [2.05, 4.69) is 26.1 Å². The molecule has 0 radical (unpaired) electrons. The molecule has 0 saturated heterocycles. The normalized spacial score (nSPS) is 13.4. The van der Waals surface area contributed by atoms with Gasteiger partial charge in [-0.1, -0.05) is 17.7 Å². The first-order valence-electron chi connectivity index (χ1n) is 6.19. The summed E-state index contributed by atoms with van der Waals surface area (Å²) in [6, 6.07) is 5.61. The third-order valence-corrected chi connectivity index (χ3v) is 2.83. The molecule has 0 aromatic heterocycles. The van der Waals surface area contributed by atoms with Crippen molar-refractivity contribution in [1.82, 2.24) is 0 Å². The molecule has 0 amide bonds. The minimum absolute atomic E-state index is 0.113. The lowest BCUT2D eigenvalue weighted by molar-refractivity contribution is -0.722. The van der Waals surface area contributed by atoms with Crippen molar-refractivity contribution in [1.29, 1.82) is 0 Å². The van der Waals surface area contributed by atoms with Crippen LogP contribution in [0.3, 0.4) is 0 Å². The predicted molar refractivity (Wildman–Crippen MR) is 74.2 cm³/mol. The van der Waals surface area contributed by atoms with E-state index in [0.29, 0.717) is 17.3 Å². The molecule has 1 aromatic rings. The molecule has 0 heterocycles. The maximum absolute atomic E-state index is 9.83. The molecule has 3 nitrogen and oxygen atoms in total. The lowest BCUT2D eigenvalue weighted by atomic mass is 10.1. The smallest absolute Gasteiger partial charge is 0.138 e. The SMILES string of the molecule is Cc1ccc(Cl)c(OC[C@H](O)C[NH2+]C(C)(C)C)c1. The average molecular weight is 273 g/mol. The molecule has 0 saturated carbocycles. The van der Waals surface area contributed by atoms with Crippen LogP contribution in [-0.4, -0.2) is 29.9 Å². The molecule has 0 spiro atoms. The van der Waals surface area contributed by atoms with Gasteiger partial charge in [-0.3, -0.25) is 0 Å². The monoisotopic (exact) mass is 272 g/mol.